The first-order chi connectivity index (χ1) is 48.3. The monoisotopic (exact) mass is 1460 g/mol. The number of aliphatic hydroxyl groups is 1. The Hall–Kier alpha value is -8.39. The number of likely N-dealkylation sites (tertiary alicyclic amines) is 1. The first kappa shape index (κ1) is 80.3. The Bertz CT molecular complexity index is 4000. The van der Waals surface area contributed by atoms with Crippen molar-refractivity contribution in [1.82, 2.24) is 25.8 Å². The average molecular weight is 1460 g/mol. The van der Waals surface area contributed by atoms with Crippen LogP contribution in [0.1, 0.15) is 159 Å². The molecule has 1 unspecified atom stereocenters. The number of ether oxygens (including phenoxy) is 3. The van der Waals surface area contributed by atoms with Crippen molar-refractivity contribution in [1.29, 1.82) is 0 Å². The molecule has 103 heavy (non-hydrogen) atoms. The third-order valence-electron chi connectivity index (χ3n) is 18.3. The van der Waals surface area contributed by atoms with Crippen LogP contribution >= 0.6 is 18.9 Å². The van der Waals surface area contributed by atoms with Gasteiger partial charge in [0, 0.05) is 56.9 Å². The molecule has 3 aliphatic heterocycles. The van der Waals surface area contributed by atoms with Crippen molar-refractivity contribution in [3.05, 3.63) is 147 Å². The van der Waals surface area contributed by atoms with Crippen molar-refractivity contribution in [3.8, 4) is 10.4 Å². The lowest BCUT2D eigenvalue weighted by atomic mass is 9.85. The Morgan fingerprint density at radius 3 is 2.12 bits per heavy atom. The van der Waals surface area contributed by atoms with Crippen molar-refractivity contribution in [3.63, 3.8) is 0 Å². The molecule has 0 spiro atoms. The maximum atomic E-state index is 16.3. The lowest BCUT2D eigenvalue weighted by Gasteiger charge is -2.35. The number of para-hydroxylation sites is 1. The fourth-order valence-electron chi connectivity index (χ4n) is 12.3. The second-order valence-electron chi connectivity index (χ2n) is 29.8. The summed E-state index contributed by atoms with van der Waals surface area (Å²) in [6.45, 7) is 18.4. The van der Waals surface area contributed by atoms with Gasteiger partial charge in [-0.05, 0) is 150 Å². The van der Waals surface area contributed by atoms with Crippen LogP contribution in [0.4, 0.5) is 14.5 Å². The predicted molar refractivity (Wildman–Crippen MR) is 383 cm³/mol. The van der Waals surface area contributed by atoms with Crippen LogP contribution in [-0.4, -0.2) is 131 Å². The largest absolute Gasteiger partial charge is 0.458 e. The Morgan fingerprint density at radius 2 is 1.49 bits per heavy atom. The van der Waals surface area contributed by atoms with E-state index in [4.69, 9.17) is 29.0 Å². The van der Waals surface area contributed by atoms with Crippen LogP contribution in [-0.2, 0) is 109 Å². The zero-order valence-electron chi connectivity index (χ0n) is 60.6. The molecule has 8 rings (SSSR count). The van der Waals surface area contributed by atoms with Crippen molar-refractivity contribution in [2.24, 2.45) is 27.9 Å². The number of β-amino-alcohol motifs (C(OH)–C–C–N with tert-alkyl or cyclic N) is 1. The number of hydrogen-bond donors (Lipinski definition) is 5. The molecule has 1 saturated heterocycles. The van der Waals surface area contributed by atoms with Gasteiger partial charge in [0.1, 0.15) is 24.7 Å². The van der Waals surface area contributed by atoms with Crippen molar-refractivity contribution >= 4 is 83.4 Å². The Kier molecular flexibility index (Phi) is 26.5. The van der Waals surface area contributed by atoms with Crippen LogP contribution in [0.15, 0.2) is 103 Å². The number of hydrogen-bond acceptors (Lipinski definition) is 18. The highest BCUT2D eigenvalue weighted by Gasteiger charge is 2.59. The summed E-state index contributed by atoms with van der Waals surface area (Å²) in [4.78, 5) is 130. The van der Waals surface area contributed by atoms with Gasteiger partial charge in [0.2, 0.25) is 42.2 Å². The SMILES string of the molecule is C/C(=C\C(=O)C[C@H]1CCc2cccc3c2N(C1=O)[C@H](C(=O)N[C@@H](CCC(N)=O)[C@@H](C)OCc1ccc(CCCOCC(=O)N[C@H](C(=O)N2C[C@@H](O)C[C@H]2C(=O)NCc2ccc(-c4scnc4C)cc2)C(C)(C)C)cc1)C3)c1ccc(C(F)(F)P(=O)(OCOC(=O)C(C)(C)C)OC(=O)C(C)(C)C)cc1. The number of halogens is 2. The van der Waals surface area contributed by atoms with Gasteiger partial charge >= 0.3 is 25.2 Å². The van der Waals surface area contributed by atoms with Crippen LogP contribution in [0.2, 0.25) is 0 Å². The van der Waals surface area contributed by atoms with E-state index in [1.807, 2.05) is 94.4 Å². The van der Waals surface area contributed by atoms with Gasteiger partial charge in [0.05, 0.1) is 57.5 Å². The molecule has 556 valence electrons. The van der Waals surface area contributed by atoms with E-state index in [1.165, 1.54) is 69.6 Å². The molecule has 0 radical (unpaired) electrons. The number of nitrogens with one attached hydrogen (secondary N) is 3. The highest BCUT2D eigenvalue weighted by atomic mass is 32.1. The van der Waals surface area contributed by atoms with Crippen molar-refractivity contribution in [2.45, 2.75) is 196 Å². The number of alkyl halides is 2. The number of amides is 6. The van der Waals surface area contributed by atoms with Gasteiger partial charge in [0.15, 0.2) is 5.78 Å². The van der Waals surface area contributed by atoms with Crippen LogP contribution < -0.4 is 26.6 Å². The summed E-state index contributed by atoms with van der Waals surface area (Å²) in [7, 11) is -5.73. The zero-order valence-corrected chi connectivity index (χ0v) is 62.3. The van der Waals surface area contributed by atoms with E-state index in [0.29, 0.717) is 36.1 Å². The number of allylic oxidation sites excluding steroid dienone is 2. The number of aliphatic hydroxyl groups excluding tert-OH is 1. The predicted octanol–water partition coefficient (Wildman–Crippen LogP) is 10.5. The number of anilines is 1. The number of rotatable bonds is 31. The highest BCUT2D eigenvalue weighted by Crippen LogP contribution is 2.67. The summed E-state index contributed by atoms with van der Waals surface area (Å²) in [5.74, 6) is -6.33. The van der Waals surface area contributed by atoms with Crippen LogP contribution in [0, 0.1) is 29.1 Å². The summed E-state index contributed by atoms with van der Waals surface area (Å²) in [5, 5.41) is 19.5. The lowest BCUT2D eigenvalue weighted by molar-refractivity contribution is -0.161. The topological polar surface area (TPSA) is 319 Å². The molecule has 0 bridgehead atoms. The van der Waals surface area contributed by atoms with Gasteiger partial charge in [0.25, 0.3) is 0 Å². The molecular formula is C76H96F2N7O16PS. The molecule has 4 heterocycles. The smallest absolute Gasteiger partial charge is 0.438 e. The average Bonchev–Trinajstić information content (AvgIpc) is 1.72. The standard InChI is InChI=1S/C76H96F2N7O16PS/c1-45(51-28-30-56(31-29-51)76(77,78)102(96,101-72(95)75(10,11)12)100-44-99-71(94)74(7,8)9)35-57(86)36-55-27-26-52-16-13-17-54-37-61(85(64(52)54)69(55)92)68(91)82-59(32-33-62(79)88)47(3)98-41-50-20-18-48(19-21-50)15-14-34-97-42-63(89)83-66(73(4,5)6)70(93)84-40-58(87)38-60(84)67(90)80-39-49-22-24-53(25-23-49)65-46(2)81-43-103-65/h13,16-25,28-31,35,43,47,55,58-61,66,87H,14-15,26-27,32-34,36-42,44H2,1-12H3,(H2,79,88)(H,80,90)(H,82,91)(H,83,89)/b45-35+/t47-,55-,58+,59+,60+,61+,66-,102?/m1/s1. The quantitative estimate of drug-likeness (QED) is 0.00905. The van der Waals surface area contributed by atoms with Gasteiger partial charge in [-0.1, -0.05) is 112 Å². The van der Waals surface area contributed by atoms with Gasteiger partial charge < -0.3 is 50.4 Å². The minimum Gasteiger partial charge on any atom is -0.438 e. The Morgan fingerprint density at radius 1 is 0.835 bits per heavy atom. The number of ketones is 1. The number of esters is 1. The van der Waals surface area contributed by atoms with Gasteiger partial charge in [-0.15, -0.1) is 11.3 Å². The fourth-order valence-corrected chi connectivity index (χ4v) is 14.5. The molecule has 23 nitrogen and oxygen atoms in total. The van der Waals surface area contributed by atoms with Gasteiger partial charge in [-0.2, -0.15) is 8.78 Å². The number of primary amides is 1. The summed E-state index contributed by atoms with van der Waals surface area (Å²) >= 11 is 1.55. The third-order valence-corrected chi connectivity index (χ3v) is 21.1. The minimum atomic E-state index is -5.73. The molecule has 6 N–H and O–H groups in total. The minimum absolute atomic E-state index is 0.0550. The van der Waals surface area contributed by atoms with Crippen LogP contribution in [0.25, 0.3) is 16.0 Å². The van der Waals surface area contributed by atoms with Crippen LogP contribution in [0.5, 0.6) is 0 Å². The van der Waals surface area contributed by atoms with E-state index in [0.717, 1.165) is 56.1 Å². The number of benzene rings is 4. The lowest BCUT2D eigenvalue weighted by Crippen LogP contribution is -2.58. The molecular weight excluding hydrogens is 1370 g/mol. The number of aryl methyl sites for hydroxylation is 3. The molecule has 27 heteroatoms. The van der Waals surface area contributed by atoms with E-state index in [2.05, 4.69) is 20.9 Å². The fraction of sp³-hybridized carbons (Fsp3) is 0.500. The first-order valence-electron chi connectivity index (χ1n) is 34.6. The highest BCUT2D eigenvalue weighted by molar-refractivity contribution is 7.55. The molecule has 0 saturated carbocycles. The van der Waals surface area contributed by atoms with E-state index in [1.54, 1.807) is 30.7 Å². The molecule has 4 aromatic carbocycles. The van der Waals surface area contributed by atoms with Crippen LogP contribution in [0.3, 0.4) is 0 Å². The molecule has 0 aliphatic carbocycles. The third kappa shape index (κ3) is 20.7. The molecule has 1 fully saturated rings. The van der Waals surface area contributed by atoms with Gasteiger partial charge in [-0.25, -0.2) is 9.55 Å². The van der Waals surface area contributed by atoms with Crippen molar-refractivity contribution in [2.75, 3.05) is 31.5 Å². The van der Waals surface area contributed by atoms with Crippen molar-refractivity contribution < 1.29 is 84.9 Å². The molecule has 3 aliphatic rings. The maximum Gasteiger partial charge on any atom is 0.458 e. The van der Waals surface area contributed by atoms with E-state index in [-0.39, 0.29) is 71.4 Å². The number of aromatic nitrogens is 1. The number of thiazole rings is 1. The summed E-state index contributed by atoms with van der Waals surface area (Å²) < 4.78 is 73.3. The second-order valence-corrected chi connectivity index (χ2v) is 32.7. The molecule has 1 aromatic heterocycles. The number of carbonyl (C=O) groups excluding carboxylic acids is 9. The molecule has 8 atom stereocenters. The summed E-state index contributed by atoms with van der Waals surface area (Å²) in [6, 6.07) is 21.8. The molecule has 6 amide bonds. The summed E-state index contributed by atoms with van der Waals surface area (Å²) in [6.07, 6.45) is 1.63. The zero-order chi connectivity index (χ0) is 75.5. The normalized spacial score (nSPS) is 18.6. The summed E-state index contributed by atoms with van der Waals surface area (Å²) in [5.41, 5.74) is 6.42. The first-order valence-corrected chi connectivity index (χ1v) is 37.0. The number of nitrogens with two attached hydrogens (primary N) is 1. The maximum absolute atomic E-state index is 16.3. The van der Waals surface area contributed by atoms with E-state index >= 15 is 8.78 Å². The number of carbonyl (C=O) groups is 9. The van der Waals surface area contributed by atoms with E-state index < -0.39 is 137 Å². The Balaban J connectivity index is 0.815. The van der Waals surface area contributed by atoms with E-state index in [9.17, 15) is 52.8 Å². The number of nitrogens with zero attached hydrogens (tertiary/aromatic N) is 3. The molecule has 5 aromatic rings. The second kappa shape index (κ2) is 34.0. The Labute approximate surface area is 604 Å². The van der Waals surface area contributed by atoms with Gasteiger partial charge in [-0.3, -0.25) is 52.6 Å².